The number of carbonyl (C=O) groups excluding carboxylic acids is 1. The van der Waals surface area contributed by atoms with Crippen molar-refractivity contribution in [3.63, 3.8) is 0 Å². The first kappa shape index (κ1) is 16.4. The Kier molecular flexibility index (Phi) is 6.75. The molecule has 1 heterocycles. The molecule has 2 N–H and O–H groups in total. The van der Waals surface area contributed by atoms with E-state index in [0.29, 0.717) is 12.5 Å². The molecule has 0 radical (unpaired) electrons. The Morgan fingerprint density at radius 1 is 1.53 bits per heavy atom. The van der Waals surface area contributed by atoms with Crippen molar-refractivity contribution in [1.82, 2.24) is 4.90 Å². The number of ether oxygens (including phenoxy) is 2. The van der Waals surface area contributed by atoms with Crippen LogP contribution in [-0.2, 0) is 14.3 Å². The minimum atomic E-state index is -0.859. The molecule has 1 aliphatic heterocycles. The summed E-state index contributed by atoms with van der Waals surface area (Å²) in [7, 11) is 3.49. The highest BCUT2D eigenvalue weighted by Crippen LogP contribution is 2.15. The Balaban J connectivity index is 2.10. The van der Waals surface area contributed by atoms with E-state index in [1.807, 2.05) is 0 Å². The number of esters is 1. The first-order valence-corrected chi connectivity index (χ1v) is 7.13. The molecule has 19 heavy (non-hydrogen) atoms. The van der Waals surface area contributed by atoms with Gasteiger partial charge in [0.15, 0.2) is 0 Å². The summed E-state index contributed by atoms with van der Waals surface area (Å²) in [6.45, 7) is 4.64. The van der Waals surface area contributed by atoms with Crippen LogP contribution in [0.5, 0.6) is 0 Å². The maximum atomic E-state index is 11.4. The van der Waals surface area contributed by atoms with Crippen LogP contribution in [0.1, 0.15) is 39.0 Å². The van der Waals surface area contributed by atoms with E-state index in [1.54, 1.807) is 6.92 Å². The molecule has 0 spiro atoms. The first-order valence-electron chi connectivity index (χ1n) is 7.13. The molecule has 1 saturated heterocycles. The van der Waals surface area contributed by atoms with Gasteiger partial charge in [-0.25, -0.2) is 0 Å². The van der Waals surface area contributed by atoms with Crippen LogP contribution in [0.4, 0.5) is 0 Å². The summed E-state index contributed by atoms with van der Waals surface area (Å²) in [6, 6.07) is 0. The fourth-order valence-corrected chi connectivity index (χ4v) is 2.44. The minimum absolute atomic E-state index is 0.333. The molecule has 0 aromatic carbocycles. The fourth-order valence-electron chi connectivity index (χ4n) is 2.44. The molecule has 0 saturated carbocycles. The molecule has 0 aromatic rings. The summed E-state index contributed by atoms with van der Waals surface area (Å²) in [5, 5.41) is 0. The van der Waals surface area contributed by atoms with Crippen LogP contribution >= 0.6 is 0 Å². The summed E-state index contributed by atoms with van der Waals surface area (Å²) in [6.07, 6.45) is 5.38. The third-order valence-corrected chi connectivity index (χ3v) is 3.68. The van der Waals surface area contributed by atoms with E-state index in [-0.39, 0.29) is 5.97 Å². The molecule has 0 aliphatic carbocycles. The van der Waals surface area contributed by atoms with Gasteiger partial charge < -0.3 is 20.1 Å². The van der Waals surface area contributed by atoms with Crippen molar-refractivity contribution >= 4 is 5.97 Å². The largest absolute Gasteiger partial charge is 0.468 e. The molecule has 0 bridgehead atoms. The van der Waals surface area contributed by atoms with Crippen LogP contribution in [0.3, 0.4) is 0 Å². The molecule has 112 valence electrons. The van der Waals surface area contributed by atoms with Gasteiger partial charge in [0, 0.05) is 13.2 Å². The molecular weight excluding hydrogens is 244 g/mol. The van der Waals surface area contributed by atoms with Gasteiger partial charge in [-0.3, -0.25) is 4.79 Å². The summed E-state index contributed by atoms with van der Waals surface area (Å²) in [5.74, 6) is -0.333. The van der Waals surface area contributed by atoms with Gasteiger partial charge in [0.05, 0.1) is 13.2 Å². The molecule has 1 rings (SSSR count). The van der Waals surface area contributed by atoms with Gasteiger partial charge in [-0.05, 0) is 52.6 Å². The third-order valence-electron chi connectivity index (χ3n) is 3.68. The molecule has 2 unspecified atom stereocenters. The Bertz CT molecular complexity index is 276. The van der Waals surface area contributed by atoms with Crippen LogP contribution in [0.25, 0.3) is 0 Å². The maximum absolute atomic E-state index is 11.4. The minimum Gasteiger partial charge on any atom is -0.468 e. The Morgan fingerprint density at radius 3 is 2.84 bits per heavy atom. The van der Waals surface area contributed by atoms with Crippen molar-refractivity contribution in [3.05, 3.63) is 0 Å². The second-order valence-corrected chi connectivity index (χ2v) is 5.76. The monoisotopic (exact) mass is 272 g/mol. The number of hydrogen-bond acceptors (Lipinski definition) is 5. The van der Waals surface area contributed by atoms with E-state index in [2.05, 4.69) is 11.9 Å². The molecule has 5 nitrogen and oxygen atoms in total. The summed E-state index contributed by atoms with van der Waals surface area (Å²) < 4.78 is 10.3. The SMILES string of the molecule is COC(=O)C(C)(N)CCCCN(C)CC1CCCO1. The molecule has 1 fully saturated rings. The van der Waals surface area contributed by atoms with Gasteiger partial charge in [0.2, 0.25) is 0 Å². The molecule has 5 heteroatoms. The average Bonchev–Trinajstić information content (AvgIpc) is 2.86. The zero-order valence-electron chi connectivity index (χ0n) is 12.5. The van der Waals surface area contributed by atoms with Crippen LogP contribution in [0.15, 0.2) is 0 Å². The molecule has 0 amide bonds. The lowest BCUT2D eigenvalue weighted by Gasteiger charge is -2.23. The van der Waals surface area contributed by atoms with E-state index in [1.165, 1.54) is 20.0 Å². The van der Waals surface area contributed by atoms with Crippen LogP contribution in [0, 0.1) is 0 Å². The Hall–Kier alpha value is -0.650. The summed E-state index contributed by atoms with van der Waals surface area (Å²) in [4.78, 5) is 13.7. The maximum Gasteiger partial charge on any atom is 0.325 e. The quantitative estimate of drug-likeness (QED) is 0.530. The predicted molar refractivity (Wildman–Crippen MR) is 74.9 cm³/mol. The summed E-state index contributed by atoms with van der Waals surface area (Å²) in [5.41, 5.74) is 5.05. The van der Waals surface area contributed by atoms with Crippen molar-refractivity contribution in [1.29, 1.82) is 0 Å². The lowest BCUT2D eigenvalue weighted by atomic mass is 9.96. The standard InChI is InChI=1S/C14H28N2O3/c1-14(15,13(17)18-3)8-4-5-9-16(2)11-12-7-6-10-19-12/h12H,4-11,15H2,1-3H3. The van der Waals surface area contributed by atoms with E-state index in [4.69, 9.17) is 15.2 Å². The van der Waals surface area contributed by atoms with Crippen LogP contribution in [0.2, 0.25) is 0 Å². The fraction of sp³-hybridized carbons (Fsp3) is 0.929. The Morgan fingerprint density at radius 2 is 2.26 bits per heavy atom. The highest BCUT2D eigenvalue weighted by molar-refractivity contribution is 5.79. The van der Waals surface area contributed by atoms with Gasteiger partial charge >= 0.3 is 5.97 Å². The highest BCUT2D eigenvalue weighted by atomic mass is 16.5. The van der Waals surface area contributed by atoms with E-state index in [0.717, 1.165) is 32.5 Å². The Labute approximate surface area is 116 Å². The smallest absolute Gasteiger partial charge is 0.325 e. The second-order valence-electron chi connectivity index (χ2n) is 5.76. The van der Waals surface area contributed by atoms with Crippen molar-refractivity contribution in [2.75, 3.05) is 33.9 Å². The number of nitrogens with two attached hydrogens (primary N) is 1. The predicted octanol–water partition coefficient (Wildman–Crippen LogP) is 1.16. The summed E-state index contributed by atoms with van der Waals surface area (Å²) >= 11 is 0. The number of likely N-dealkylation sites (N-methyl/N-ethyl adjacent to an activating group) is 1. The molecule has 2 atom stereocenters. The lowest BCUT2D eigenvalue weighted by Crippen LogP contribution is -2.45. The normalized spacial score (nSPS) is 22.5. The number of unbranched alkanes of at least 4 members (excludes halogenated alkanes) is 1. The van der Waals surface area contributed by atoms with Gasteiger partial charge in [-0.15, -0.1) is 0 Å². The van der Waals surface area contributed by atoms with Gasteiger partial charge in [0.25, 0.3) is 0 Å². The zero-order valence-corrected chi connectivity index (χ0v) is 12.5. The second kappa shape index (κ2) is 7.82. The van der Waals surface area contributed by atoms with Crippen LogP contribution < -0.4 is 5.73 Å². The number of nitrogens with zero attached hydrogens (tertiary/aromatic N) is 1. The van der Waals surface area contributed by atoms with E-state index < -0.39 is 5.54 Å². The zero-order chi connectivity index (χ0) is 14.3. The van der Waals surface area contributed by atoms with Gasteiger partial charge in [-0.2, -0.15) is 0 Å². The van der Waals surface area contributed by atoms with Crippen molar-refractivity contribution in [3.8, 4) is 0 Å². The van der Waals surface area contributed by atoms with Crippen molar-refractivity contribution in [2.24, 2.45) is 5.73 Å². The molecule has 1 aliphatic rings. The van der Waals surface area contributed by atoms with Crippen LogP contribution in [-0.4, -0.2) is 56.4 Å². The topological polar surface area (TPSA) is 64.8 Å². The number of methoxy groups -OCH3 is 1. The highest BCUT2D eigenvalue weighted by Gasteiger charge is 2.28. The first-order chi connectivity index (χ1) is 8.95. The van der Waals surface area contributed by atoms with Gasteiger partial charge in [-0.1, -0.05) is 0 Å². The number of carbonyl (C=O) groups is 1. The molecule has 0 aromatic heterocycles. The van der Waals surface area contributed by atoms with Gasteiger partial charge in [0.1, 0.15) is 5.54 Å². The average molecular weight is 272 g/mol. The number of hydrogen-bond donors (Lipinski definition) is 1. The van der Waals surface area contributed by atoms with Crippen molar-refractivity contribution < 1.29 is 14.3 Å². The van der Waals surface area contributed by atoms with E-state index >= 15 is 0 Å². The van der Waals surface area contributed by atoms with Crippen molar-refractivity contribution in [2.45, 2.75) is 50.7 Å². The lowest BCUT2D eigenvalue weighted by molar-refractivity contribution is -0.146. The molecular formula is C14H28N2O3. The number of rotatable bonds is 8. The van der Waals surface area contributed by atoms with E-state index in [9.17, 15) is 4.79 Å². The third kappa shape index (κ3) is 5.89.